The number of hydrogen-bond donors (Lipinski definition) is 2. The molecule has 0 fully saturated rings. The number of nitrogens with zero attached hydrogens (tertiary/aromatic N) is 2. The lowest BCUT2D eigenvalue weighted by Crippen LogP contribution is -2.40. The number of carbonyl (C=O) groups is 1. The Balaban J connectivity index is -0.00000196. The van der Waals surface area contributed by atoms with Crippen LogP contribution in [0, 0.1) is 5.41 Å². The second kappa shape index (κ2) is 7.51. The average molecular weight is 390 g/mol. The number of ketones is 1. The largest absolute Gasteiger partial charge is 0.476 e. The summed E-state index contributed by atoms with van der Waals surface area (Å²) in [5.41, 5.74) is 9.18. The fourth-order valence-electron chi connectivity index (χ4n) is 2.09. The van der Waals surface area contributed by atoms with Crippen LogP contribution in [0.5, 0.6) is 5.88 Å². The number of ether oxygens (including phenoxy) is 1. The Morgan fingerprint density at radius 1 is 1.26 bits per heavy atom. The fourth-order valence-corrected chi connectivity index (χ4v) is 2.09. The van der Waals surface area contributed by atoms with Crippen LogP contribution in [0.1, 0.15) is 48.1 Å². The van der Waals surface area contributed by atoms with E-state index < -0.39 is 23.2 Å². The molecule has 0 saturated carbocycles. The number of halogens is 3. The topological polar surface area (TPSA) is 104 Å². The number of alkyl halides is 3. The highest BCUT2D eigenvalue weighted by molar-refractivity contribution is 6.11. The summed E-state index contributed by atoms with van der Waals surface area (Å²) in [6.45, 7) is 5.74. The fraction of sp³-hybridized carbons (Fsp3) is 0.389. The molecule has 4 N–H and O–H groups in total. The van der Waals surface area contributed by atoms with Gasteiger partial charge in [-0.2, -0.15) is 13.2 Å². The summed E-state index contributed by atoms with van der Waals surface area (Å²) in [5, 5.41) is 0. The van der Waals surface area contributed by atoms with Crippen LogP contribution in [0.4, 0.5) is 19.0 Å². The van der Waals surface area contributed by atoms with Crippen LogP contribution >= 0.6 is 0 Å². The van der Waals surface area contributed by atoms with E-state index in [2.05, 4.69) is 9.97 Å². The van der Waals surface area contributed by atoms with Crippen LogP contribution in [0.25, 0.3) is 0 Å². The van der Waals surface area contributed by atoms with Crippen molar-refractivity contribution in [3.63, 3.8) is 0 Å². The van der Waals surface area contributed by atoms with E-state index in [1.54, 1.807) is 0 Å². The Kier molecular flexibility index (Phi) is 5.74. The first-order chi connectivity index (χ1) is 12.4. The molecule has 2 aromatic heterocycles. The van der Waals surface area contributed by atoms with Crippen LogP contribution in [0.3, 0.4) is 0 Å². The van der Waals surface area contributed by atoms with E-state index in [4.69, 9.17) is 16.2 Å². The van der Waals surface area contributed by atoms with E-state index in [0.29, 0.717) is 0 Å². The minimum absolute atomic E-state index is 0. The molecule has 0 aromatic carbocycles. The number of carbonyl (C=O) groups excluding carboxylic acids is 1. The van der Waals surface area contributed by atoms with Crippen molar-refractivity contribution in [3.8, 4) is 5.88 Å². The molecule has 0 saturated heterocycles. The van der Waals surface area contributed by atoms with Crippen LogP contribution in [0.2, 0.25) is 0 Å². The van der Waals surface area contributed by atoms with E-state index in [9.17, 15) is 18.0 Å². The van der Waals surface area contributed by atoms with Gasteiger partial charge in [0.2, 0.25) is 11.7 Å². The molecule has 0 aliphatic heterocycles. The standard InChI is InChI=1S/C18H21F3N4O2.4H2/c1-17(2,3)12(22)9-27-13-7-6-11(18(19,20)21)14(25-13)15(26)10-5-4-8-24-16(10)23;;;;/h4-8,12H,9,22H2,1-3H3,(H2,23,24);4*1H/t12-;;;;/m1..../s1. The zero-order chi connectivity index (χ0) is 20.4. The van der Waals surface area contributed by atoms with E-state index in [-0.39, 0.29) is 41.0 Å². The van der Waals surface area contributed by atoms with Crippen molar-refractivity contribution in [2.24, 2.45) is 11.1 Å². The van der Waals surface area contributed by atoms with Gasteiger partial charge < -0.3 is 16.2 Å². The number of hydrogen-bond acceptors (Lipinski definition) is 6. The lowest BCUT2D eigenvalue weighted by Gasteiger charge is -2.26. The maximum atomic E-state index is 13.3. The molecule has 2 heterocycles. The molecule has 154 valence electrons. The number of nitrogen functional groups attached to an aromatic ring is 1. The highest BCUT2D eigenvalue weighted by atomic mass is 19.4. The van der Waals surface area contributed by atoms with Gasteiger partial charge in [-0.15, -0.1) is 0 Å². The van der Waals surface area contributed by atoms with Crippen molar-refractivity contribution in [3.05, 3.63) is 47.3 Å². The van der Waals surface area contributed by atoms with E-state index in [1.165, 1.54) is 18.3 Å². The SMILES string of the molecule is CC(C)(C)[C@H](N)COc1ccc(C(F)(F)F)c(C(=O)c2cccnc2N)n1.[HH].[HH].[HH].[HH]. The smallest absolute Gasteiger partial charge is 0.418 e. The van der Waals surface area contributed by atoms with Crippen molar-refractivity contribution in [1.82, 2.24) is 9.97 Å². The van der Waals surface area contributed by atoms with Gasteiger partial charge in [0.15, 0.2) is 0 Å². The van der Waals surface area contributed by atoms with Crippen molar-refractivity contribution < 1.29 is 28.4 Å². The molecule has 0 unspecified atom stereocenters. The van der Waals surface area contributed by atoms with Gasteiger partial charge in [0.25, 0.3) is 0 Å². The second-order valence-corrected chi connectivity index (χ2v) is 7.09. The number of pyridine rings is 2. The number of nitrogens with two attached hydrogens (primary N) is 2. The quantitative estimate of drug-likeness (QED) is 0.747. The number of rotatable bonds is 5. The Morgan fingerprint density at radius 3 is 2.48 bits per heavy atom. The molecular weight excluding hydrogens is 361 g/mol. The zero-order valence-electron chi connectivity index (χ0n) is 15.2. The normalized spacial score (nSPS) is 13.3. The van der Waals surface area contributed by atoms with Crippen molar-refractivity contribution in [2.45, 2.75) is 33.0 Å². The van der Waals surface area contributed by atoms with Gasteiger partial charge in [0.1, 0.15) is 18.1 Å². The summed E-state index contributed by atoms with van der Waals surface area (Å²) in [4.78, 5) is 20.1. The van der Waals surface area contributed by atoms with E-state index in [1.807, 2.05) is 20.8 Å². The van der Waals surface area contributed by atoms with Crippen molar-refractivity contribution in [2.75, 3.05) is 12.3 Å². The van der Waals surface area contributed by atoms with Gasteiger partial charge in [-0.05, 0) is 23.6 Å². The molecule has 0 amide bonds. The average Bonchev–Trinajstić information content (AvgIpc) is 2.57. The third-order valence-electron chi connectivity index (χ3n) is 4.00. The summed E-state index contributed by atoms with van der Waals surface area (Å²) in [6.07, 6.45) is -3.44. The molecule has 0 radical (unpaired) electrons. The first kappa shape index (κ1) is 20.6. The predicted octanol–water partition coefficient (Wildman–Crippen LogP) is 4.04. The van der Waals surface area contributed by atoms with Gasteiger partial charge in [-0.25, -0.2) is 9.97 Å². The first-order valence-electron chi connectivity index (χ1n) is 8.13. The van der Waals surface area contributed by atoms with Crippen LogP contribution < -0.4 is 16.2 Å². The van der Waals surface area contributed by atoms with Crippen LogP contribution in [0.15, 0.2) is 30.5 Å². The minimum atomic E-state index is -4.77. The Bertz CT molecular complexity index is 849. The minimum Gasteiger partial charge on any atom is -0.476 e. The molecule has 0 aliphatic carbocycles. The highest BCUT2D eigenvalue weighted by Crippen LogP contribution is 2.34. The van der Waals surface area contributed by atoms with Gasteiger partial charge in [-0.1, -0.05) is 20.8 Å². The van der Waals surface area contributed by atoms with E-state index in [0.717, 1.165) is 12.1 Å². The predicted molar refractivity (Wildman–Crippen MR) is 103 cm³/mol. The molecule has 2 rings (SSSR count). The molecule has 27 heavy (non-hydrogen) atoms. The Labute approximate surface area is 160 Å². The van der Waals surface area contributed by atoms with Crippen LogP contribution in [-0.4, -0.2) is 28.4 Å². The van der Waals surface area contributed by atoms with Crippen LogP contribution in [-0.2, 0) is 6.18 Å². The van der Waals surface area contributed by atoms with Gasteiger partial charge in [-0.3, -0.25) is 4.79 Å². The van der Waals surface area contributed by atoms with E-state index >= 15 is 0 Å². The summed E-state index contributed by atoms with van der Waals surface area (Å²) >= 11 is 0. The molecule has 0 spiro atoms. The molecule has 0 bridgehead atoms. The molecule has 1 atom stereocenters. The summed E-state index contributed by atoms with van der Waals surface area (Å²) in [5.74, 6) is -1.30. The summed E-state index contributed by atoms with van der Waals surface area (Å²) in [7, 11) is 0. The first-order valence-corrected chi connectivity index (χ1v) is 8.13. The van der Waals surface area contributed by atoms with Gasteiger partial charge >= 0.3 is 6.18 Å². The molecular formula is C18H29F3N4O2. The maximum Gasteiger partial charge on any atom is 0.418 e. The number of aromatic nitrogens is 2. The van der Waals surface area contributed by atoms with Crippen molar-refractivity contribution >= 4 is 11.6 Å². The number of anilines is 1. The molecule has 0 aliphatic rings. The maximum absolute atomic E-state index is 13.3. The monoisotopic (exact) mass is 390 g/mol. The Morgan fingerprint density at radius 2 is 1.93 bits per heavy atom. The lowest BCUT2D eigenvalue weighted by atomic mass is 9.88. The molecule has 2 aromatic rings. The third kappa shape index (κ3) is 4.94. The summed E-state index contributed by atoms with van der Waals surface area (Å²) in [6, 6.07) is 4.12. The third-order valence-corrected chi connectivity index (χ3v) is 4.00. The van der Waals surface area contributed by atoms with Crippen molar-refractivity contribution in [1.29, 1.82) is 0 Å². The highest BCUT2D eigenvalue weighted by Gasteiger charge is 2.37. The lowest BCUT2D eigenvalue weighted by molar-refractivity contribution is -0.138. The zero-order valence-corrected chi connectivity index (χ0v) is 15.2. The molecule has 9 heteroatoms. The summed E-state index contributed by atoms with van der Waals surface area (Å²) < 4.78 is 45.4. The molecule has 6 nitrogen and oxygen atoms in total. The van der Waals surface area contributed by atoms with Gasteiger partial charge in [0.05, 0.1) is 11.1 Å². The second-order valence-electron chi connectivity index (χ2n) is 7.09. The Hall–Kier alpha value is -2.68. The van der Waals surface area contributed by atoms with Gasteiger partial charge in [0, 0.05) is 24.0 Å².